The van der Waals surface area contributed by atoms with Gasteiger partial charge in [0, 0.05) is 55.0 Å². The Labute approximate surface area is 158 Å². The minimum atomic E-state index is -0.358. The summed E-state index contributed by atoms with van der Waals surface area (Å²) in [6.07, 6.45) is 1.63. The molecular weight excluding hydrogens is 343 g/mol. The largest absolute Gasteiger partial charge is 0.369 e. The third-order valence-electron chi connectivity index (χ3n) is 5.20. The van der Waals surface area contributed by atoms with E-state index in [1.165, 1.54) is 17.8 Å². The molecule has 0 saturated carbocycles. The van der Waals surface area contributed by atoms with E-state index >= 15 is 0 Å². The summed E-state index contributed by atoms with van der Waals surface area (Å²) in [5.41, 5.74) is 3.74. The summed E-state index contributed by atoms with van der Waals surface area (Å²) >= 11 is 0. The third-order valence-corrected chi connectivity index (χ3v) is 5.20. The quantitative estimate of drug-likeness (QED) is 0.815. The van der Waals surface area contributed by atoms with Crippen LogP contribution in [0.3, 0.4) is 0 Å². The molecular formula is C21H23FN4O. The SMILES string of the molecule is CCN1CCN(c2ccc(NC=C3C(=O)Nc4ccc(F)cc43)cc2)CC1. The normalized spacial score (nSPS) is 18.5. The van der Waals surface area contributed by atoms with Gasteiger partial charge in [-0.05, 0) is 49.0 Å². The fourth-order valence-corrected chi connectivity index (χ4v) is 3.55. The topological polar surface area (TPSA) is 47.6 Å². The van der Waals surface area contributed by atoms with E-state index in [0.717, 1.165) is 38.4 Å². The fourth-order valence-electron chi connectivity index (χ4n) is 3.55. The summed E-state index contributed by atoms with van der Waals surface area (Å²) < 4.78 is 13.5. The second-order valence-electron chi connectivity index (χ2n) is 6.81. The number of hydrogen-bond acceptors (Lipinski definition) is 4. The monoisotopic (exact) mass is 366 g/mol. The minimum absolute atomic E-state index is 0.228. The first-order valence-electron chi connectivity index (χ1n) is 9.29. The van der Waals surface area contributed by atoms with Gasteiger partial charge in [-0.1, -0.05) is 6.92 Å². The van der Waals surface area contributed by atoms with Crippen molar-refractivity contribution in [2.45, 2.75) is 6.92 Å². The van der Waals surface area contributed by atoms with Gasteiger partial charge in [0.05, 0.1) is 5.57 Å². The second-order valence-corrected chi connectivity index (χ2v) is 6.81. The Kier molecular flexibility index (Phi) is 4.81. The molecule has 140 valence electrons. The molecule has 2 heterocycles. The van der Waals surface area contributed by atoms with Crippen LogP contribution in [0.4, 0.5) is 21.5 Å². The van der Waals surface area contributed by atoms with Gasteiger partial charge in [-0.25, -0.2) is 4.39 Å². The van der Waals surface area contributed by atoms with Gasteiger partial charge in [0.1, 0.15) is 5.82 Å². The Bertz CT molecular complexity index is 870. The molecule has 0 aromatic heterocycles. The number of piperazine rings is 1. The number of amides is 1. The van der Waals surface area contributed by atoms with E-state index in [1.807, 2.05) is 12.1 Å². The number of fused-ring (bicyclic) bond motifs is 1. The van der Waals surface area contributed by atoms with E-state index in [4.69, 9.17) is 0 Å². The molecule has 0 atom stereocenters. The molecule has 2 N–H and O–H groups in total. The molecule has 1 amide bonds. The first kappa shape index (κ1) is 17.5. The van der Waals surface area contributed by atoms with Crippen LogP contribution in [-0.2, 0) is 4.79 Å². The van der Waals surface area contributed by atoms with E-state index in [2.05, 4.69) is 39.5 Å². The van der Waals surface area contributed by atoms with Gasteiger partial charge in [-0.15, -0.1) is 0 Å². The number of carbonyl (C=O) groups excluding carboxylic acids is 1. The van der Waals surface area contributed by atoms with Crippen LogP contribution >= 0.6 is 0 Å². The summed E-state index contributed by atoms with van der Waals surface area (Å²) in [6.45, 7) is 7.55. The molecule has 0 aliphatic carbocycles. The van der Waals surface area contributed by atoms with Crippen molar-refractivity contribution in [3.05, 3.63) is 60.0 Å². The van der Waals surface area contributed by atoms with E-state index < -0.39 is 0 Å². The Morgan fingerprint density at radius 1 is 1.11 bits per heavy atom. The van der Waals surface area contributed by atoms with E-state index in [1.54, 1.807) is 12.3 Å². The number of nitrogens with one attached hydrogen (secondary N) is 2. The molecule has 2 aromatic carbocycles. The number of benzene rings is 2. The lowest BCUT2D eigenvalue weighted by atomic mass is 10.1. The van der Waals surface area contributed by atoms with Crippen LogP contribution in [-0.4, -0.2) is 43.5 Å². The van der Waals surface area contributed by atoms with Gasteiger partial charge in [0.2, 0.25) is 0 Å². The Morgan fingerprint density at radius 2 is 1.85 bits per heavy atom. The van der Waals surface area contributed by atoms with Crippen molar-refractivity contribution >= 4 is 28.5 Å². The van der Waals surface area contributed by atoms with Crippen molar-refractivity contribution in [2.24, 2.45) is 0 Å². The number of carbonyl (C=O) groups is 1. The summed E-state index contributed by atoms with van der Waals surface area (Å²) in [4.78, 5) is 17.0. The Balaban J connectivity index is 1.45. The van der Waals surface area contributed by atoms with E-state index in [-0.39, 0.29) is 11.7 Å². The van der Waals surface area contributed by atoms with Crippen LogP contribution < -0.4 is 15.5 Å². The molecule has 2 aliphatic rings. The molecule has 1 fully saturated rings. The fraction of sp³-hybridized carbons (Fsp3) is 0.286. The van der Waals surface area contributed by atoms with Crippen LogP contribution in [0.25, 0.3) is 5.57 Å². The Morgan fingerprint density at radius 3 is 2.56 bits per heavy atom. The third kappa shape index (κ3) is 3.66. The molecule has 5 nitrogen and oxygen atoms in total. The van der Waals surface area contributed by atoms with Gasteiger partial charge in [-0.3, -0.25) is 4.79 Å². The minimum Gasteiger partial charge on any atom is -0.369 e. The van der Waals surface area contributed by atoms with Crippen LogP contribution in [0.15, 0.2) is 48.7 Å². The molecule has 0 bridgehead atoms. The predicted octanol–water partition coefficient (Wildman–Crippen LogP) is 3.37. The molecule has 0 unspecified atom stereocenters. The van der Waals surface area contributed by atoms with Crippen molar-refractivity contribution in [3.63, 3.8) is 0 Å². The molecule has 0 spiro atoms. The van der Waals surface area contributed by atoms with Crippen LogP contribution in [0, 0.1) is 5.82 Å². The standard InChI is InChI=1S/C21H23FN4O/c1-2-25-9-11-26(12-10-25)17-6-4-16(5-7-17)23-14-19-18-13-15(22)3-8-20(18)24-21(19)27/h3-8,13-14,23H,2,9-12H2,1H3,(H,24,27). The predicted molar refractivity (Wildman–Crippen MR) is 107 cm³/mol. The summed E-state index contributed by atoms with van der Waals surface area (Å²) in [5.74, 6) is -0.586. The first-order valence-corrected chi connectivity index (χ1v) is 9.29. The second kappa shape index (κ2) is 7.40. The van der Waals surface area contributed by atoms with Crippen LogP contribution in [0.1, 0.15) is 12.5 Å². The van der Waals surface area contributed by atoms with Crippen molar-refractivity contribution in [3.8, 4) is 0 Å². The molecule has 2 aromatic rings. The van der Waals surface area contributed by atoms with Gasteiger partial charge in [0.25, 0.3) is 5.91 Å². The van der Waals surface area contributed by atoms with Crippen LogP contribution in [0.5, 0.6) is 0 Å². The number of halogens is 1. The zero-order chi connectivity index (χ0) is 18.8. The van der Waals surface area contributed by atoms with Crippen molar-refractivity contribution in [2.75, 3.05) is 48.3 Å². The van der Waals surface area contributed by atoms with E-state index in [9.17, 15) is 9.18 Å². The number of anilines is 3. The lowest BCUT2D eigenvalue weighted by molar-refractivity contribution is -0.110. The molecule has 6 heteroatoms. The van der Waals surface area contributed by atoms with Crippen LogP contribution in [0.2, 0.25) is 0 Å². The maximum absolute atomic E-state index is 13.5. The smallest absolute Gasteiger partial charge is 0.257 e. The number of hydrogen-bond donors (Lipinski definition) is 2. The van der Waals surface area contributed by atoms with Crippen molar-refractivity contribution in [1.29, 1.82) is 0 Å². The zero-order valence-electron chi connectivity index (χ0n) is 15.3. The van der Waals surface area contributed by atoms with Crippen molar-refractivity contribution in [1.82, 2.24) is 4.90 Å². The molecule has 2 aliphatic heterocycles. The number of nitrogens with zero attached hydrogens (tertiary/aromatic N) is 2. The summed E-state index contributed by atoms with van der Waals surface area (Å²) in [5, 5.41) is 5.90. The molecule has 1 saturated heterocycles. The van der Waals surface area contributed by atoms with Gasteiger partial charge in [-0.2, -0.15) is 0 Å². The molecule has 4 rings (SSSR count). The van der Waals surface area contributed by atoms with E-state index in [0.29, 0.717) is 16.8 Å². The summed E-state index contributed by atoms with van der Waals surface area (Å²) in [6, 6.07) is 12.5. The average molecular weight is 366 g/mol. The highest BCUT2D eigenvalue weighted by atomic mass is 19.1. The van der Waals surface area contributed by atoms with Gasteiger partial charge >= 0.3 is 0 Å². The lowest BCUT2D eigenvalue weighted by Gasteiger charge is -2.35. The number of rotatable bonds is 4. The molecule has 0 radical (unpaired) electrons. The summed E-state index contributed by atoms with van der Waals surface area (Å²) in [7, 11) is 0. The molecule has 27 heavy (non-hydrogen) atoms. The zero-order valence-corrected chi connectivity index (χ0v) is 15.3. The highest BCUT2D eigenvalue weighted by Gasteiger charge is 2.24. The van der Waals surface area contributed by atoms with Gasteiger partial charge in [0.15, 0.2) is 0 Å². The highest BCUT2D eigenvalue weighted by Crippen LogP contribution is 2.32. The maximum Gasteiger partial charge on any atom is 0.257 e. The first-order chi connectivity index (χ1) is 13.1. The maximum atomic E-state index is 13.5. The highest BCUT2D eigenvalue weighted by molar-refractivity contribution is 6.31. The van der Waals surface area contributed by atoms with Gasteiger partial charge < -0.3 is 20.4 Å². The Hall–Kier alpha value is -2.86. The lowest BCUT2D eigenvalue weighted by Crippen LogP contribution is -2.46. The van der Waals surface area contributed by atoms with Crippen molar-refractivity contribution < 1.29 is 9.18 Å². The average Bonchev–Trinajstić information content (AvgIpc) is 3.01. The number of likely N-dealkylation sites (N-methyl/N-ethyl adjacent to an activating group) is 1.